The molecule has 0 aliphatic rings. The summed E-state index contributed by atoms with van der Waals surface area (Å²) in [6.45, 7) is 3.14. The minimum atomic E-state index is -1.32. The zero-order valence-corrected chi connectivity index (χ0v) is 16.1. The number of carboxylic acids is 1. The number of esters is 1. The van der Waals surface area contributed by atoms with E-state index in [1.807, 2.05) is 37.3 Å². The van der Waals surface area contributed by atoms with Crippen LogP contribution in [0.1, 0.15) is 41.3 Å². The molecule has 0 amide bonds. The number of hydrogen-bond acceptors (Lipinski definition) is 5. The first-order valence-electron chi connectivity index (χ1n) is 9.11. The van der Waals surface area contributed by atoms with Gasteiger partial charge in [0.05, 0.1) is 11.4 Å². The second kappa shape index (κ2) is 8.52. The van der Waals surface area contributed by atoms with E-state index in [4.69, 9.17) is 4.74 Å². The first-order valence-corrected chi connectivity index (χ1v) is 9.11. The standard InChI is InChI=1S/C22H20N2O5/c1-3-19-23-18(13-15-7-5-4-6-8-15)20(22(27)28)21(26)24(19)16-9-11-17(12-10-16)29-14(2)25/h4-12H,3,13H2,1-2H3,(H,27,28). The molecule has 0 atom stereocenters. The van der Waals surface area contributed by atoms with Crippen LogP contribution in [-0.2, 0) is 17.6 Å². The number of hydrogen-bond donors (Lipinski definition) is 1. The molecular formula is C22H20N2O5. The normalized spacial score (nSPS) is 10.6. The lowest BCUT2D eigenvalue weighted by atomic mass is 10.1. The van der Waals surface area contributed by atoms with E-state index in [0.29, 0.717) is 23.7 Å². The van der Waals surface area contributed by atoms with Gasteiger partial charge in [0, 0.05) is 19.8 Å². The van der Waals surface area contributed by atoms with Gasteiger partial charge in [-0.05, 0) is 29.8 Å². The molecular weight excluding hydrogens is 372 g/mol. The van der Waals surface area contributed by atoms with Crippen LogP contribution in [0.5, 0.6) is 5.75 Å². The third-order valence-corrected chi connectivity index (χ3v) is 4.33. The number of ether oxygens (including phenoxy) is 1. The Bertz CT molecular complexity index is 1100. The van der Waals surface area contributed by atoms with E-state index in [1.165, 1.54) is 11.5 Å². The number of aromatic carboxylic acids is 1. The largest absolute Gasteiger partial charge is 0.477 e. The molecule has 0 spiro atoms. The van der Waals surface area contributed by atoms with E-state index in [9.17, 15) is 19.5 Å². The van der Waals surface area contributed by atoms with Crippen molar-refractivity contribution < 1.29 is 19.4 Å². The van der Waals surface area contributed by atoms with E-state index in [2.05, 4.69) is 4.98 Å². The van der Waals surface area contributed by atoms with E-state index >= 15 is 0 Å². The van der Waals surface area contributed by atoms with Crippen LogP contribution in [-0.4, -0.2) is 26.6 Å². The summed E-state index contributed by atoms with van der Waals surface area (Å²) in [4.78, 5) is 40.6. The highest BCUT2D eigenvalue weighted by Gasteiger charge is 2.22. The molecule has 2 aromatic carbocycles. The molecule has 7 heteroatoms. The topological polar surface area (TPSA) is 98.5 Å². The second-order valence-electron chi connectivity index (χ2n) is 6.40. The Morgan fingerprint density at radius 2 is 1.72 bits per heavy atom. The lowest BCUT2D eigenvalue weighted by molar-refractivity contribution is -0.131. The third-order valence-electron chi connectivity index (χ3n) is 4.33. The maximum atomic E-state index is 13.1. The molecule has 0 bridgehead atoms. The van der Waals surface area contributed by atoms with E-state index in [1.54, 1.807) is 24.3 Å². The Morgan fingerprint density at radius 3 is 2.28 bits per heavy atom. The predicted molar refractivity (Wildman–Crippen MR) is 107 cm³/mol. The summed E-state index contributed by atoms with van der Waals surface area (Å²) in [7, 11) is 0. The van der Waals surface area contributed by atoms with Gasteiger partial charge in [-0.25, -0.2) is 9.78 Å². The molecule has 0 saturated carbocycles. The molecule has 1 N–H and O–H groups in total. The summed E-state index contributed by atoms with van der Waals surface area (Å²) < 4.78 is 6.29. The molecule has 3 rings (SSSR count). The Balaban J connectivity index is 2.13. The van der Waals surface area contributed by atoms with Gasteiger partial charge in [0.2, 0.25) is 0 Å². The second-order valence-corrected chi connectivity index (χ2v) is 6.40. The molecule has 0 aliphatic carbocycles. The van der Waals surface area contributed by atoms with Gasteiger partial charge in [0.1, 0.15) is 17.1 Å². The van der Waals surface area contributed by atoms with Gasteiger partial charge in [-0.2, -0.15) is 0 Å². The average molecular weight is 392 g/mol. The predicted octanol–water partition coefficient (Wildman–Crippen LogP) is 3.01. The molecule has 29 heavy (non-hydrogen) atoms. The van der Waals surface area contributed by atoms with Crippen LogP contribution in [0.4, 0.5) is 0 Å². The number of nitrogens with zero attached hydrogens (tertiary/aromatic N) is 2. The van der Waals surface area contributed by atoms with Crippen LogP contribution in [0, 0.1) is 0 Å². The number of benzene rings is 2. The fourth-order valence-corrected chi connectivity index (χ4v) is 3.08. The van der Waals surface area contributed by atoms with Crippen molar-refractivity contribution in [3.05, 3.63) is 87.6 Å². The number of aryl methyl sites for hydroxylation is 1. The van der Waals surface area contributed by atoms with Gasteiger partial charge in [-0.15, -0.1) is 0 Å². The monoisotopic (exact) mass is 392 g/mol. The molecule has 7 nitrogen and oxygen atoms in total. The third kappa shape index (κ3) is 4.40. The molecule has 0 fully saturated rings. The van der Waals surface area contributed by atoms with Crippen molar-refractivity contribution in [2.24, 2.45) is 0 Å². The number of aromatic nitrogens is 2. The Kier molecular flexibility index (Phi) is 5.87. The Hall–Kier alpha value is -3.74. The van der Waals surface area contributed by atoms with Crippen molar-refractivity contribution in [1.29, 1.82) is 0 Å². The molecule has 148 valence electrons. The van der Waals surface area contributed by atoms with Crippen molar-refractivity contribution in [2.45, 2.75) is 26.7 Å². The molecule has 1 aromatic heterocycles. The van der Waals surface area contributed by atoms with Crippen molar-refractivity contribution in [3.8, 4) is 11.4 Å². The quantitative estimate of drug-likeness (QED) is 0.511. The van der Waals surface area contributed by atoms with E-state index < -0.39 is 17.5 Å². The summed E-state index contributed by atoms with van der Waals surface area (Å²) in [5.41, 5.74) is 0.556. The van der Waals surface area contributed by atoms with Crippen LogP contribution < -0.4 is 10.3 Å². The number of carboxylic acid groups (broad SMARTS) is 1. The SMILES string of the molecule is CCc1nc(Cc2ccccc2)c(C(=O)O)c(=O)n1-c1ccc(OC(C)=O)cc1. The fourth-order valence-electron chi connectivity index (χ4n) is 3.08. The Labute approximate surface area is 167 Å². The maximum Gasteiger partial charge on any atom is 0.343 e. The van der Waals surface area contributed by atoms with Crippen LogP contribution in [0.2, 0.25) is 0 Å². The van der Waals surface area contributed by atoms with Gasteiger partial charge in [-0.1, -0.05) is 37.3 Å². The average Bonchev–Trinajstić information content (AvgIpc) is 2.68. The van der Waals surface area contributed by atoms with Crippen LogP contribution in [0.25, 0.3) is 5.69 Å². The lowest BCUT2D eigenvalue weighted by Gasteiger charge is -2.15. The minimum Gasteiger partial charge on any atom is -0.477 e. The highest BCUT2D eigenvalue weighted by atomic mass is 16.5. The summed E-state index contributed by atoms with van der Waals surface area (Å²) >= 11 is 0. The van der Waals surface area contributed by atoms with Gasteiger partial charge in [0.25, 0.3) is 5.56 Å². The minimum absolute atomic E-state index is 0.235. The zero-order chi connectivity index (χ0) is 21.0. The fraction of sp³-hybridized carbons (Fsp3) is 0.182. The van der Waals surface area contributed by atoms with Crippen molar-refractivity contribution in [1.82, 2.24) is 9.55 Å². The van der Waals surface area contributed by atoms with Crippen LogP contribution in [0.15, 0.2) is 59.4 Å². The molecule has 0 radical (unpaired) electrons. The van der Waals surface area contributed by atoms with Gasteiger partial charge < -0.3 is 9.84 Å². The van der Waals surface area contributed by atoms with Gasteiger partial charge in [-0.3, -0.25) is 14.2 Å². The molecule has 3 aromatic rings. The summed E-state index contributed by atoms with van der Waals surface area (Å²) in [6.07, 6.45) is 0.680. The van der Waals surface area contributed by atoms with E-state index in [0.717, 1.165) is 5.56 Å². The van der Waals surface area contributed by atoms with Crippen LogP contribution in [0.3, 0.4) is 0 Å². The maximum absolute atomic E-state index is 13.1. The first-order chi connectivity index (χ1) is 13.9. The summed E-state index contributed by atoms with van der Waals surface area (Å²) in [5.74, 6) is -0.990. The highest BCUT2D eigenvalue weighted by molar-refractivity contribution is 5.88. The molecule has 0 unspecified atom stereocenters. The summed E-state index contributed by atoms with van der Waals surface area (Å²) in [6, 6.07) is 15.5. The number of carbonyl (C=O) groups excluding carboxylic acids is 1. The first kappa shape index (κ1) is 20.0. The highest BCUT2D eigenvalue weighted by Crippen LogP contribution is 2.18. The van der Waals surface area contributed by atoms with Gasteiger partial charge in [0.15, 0.2) is 0 Å². The van der Waals surface area contributed by atoms with E-state index in [-0.39, 0.29) is 17.7 Å². The van der Waals surface area contributed by atoms with Crippen molar-refractivity contribution in [3.63, 3.8) is 0 Å². The number of rotatable bonds is 6. The lowest BCUT2D eigenvalue weighted by Crippen LogP contribution is -2.31. The molecule has 0 saturated heterocycles. The molecule has 0 aliphatic heterocycles. The number of carbonyl (C=O) groups is 2. The molecule has 1 heterocycles. The smallest absolute Gasteiger partial charge is 0.343 e. The zero-order valence-electron chi connectivity index (χ0n) is 16.1. The van der Waals surface area contributed by atoms with Gasteiger partial charge >= 0.3 is 11.9 Å². The van der Waals surface area contributed by atoms with Crippen molar-refractivity contribution >= 4 is 11.9 Å². The van der Waals surface area contributed by atoms with Crippen molar-refractivity contribution in [2.75, 3.05) is 0 Å². The van der Waals surface area contributed by atoms with Crippen LogP contribution >= 0.6 is 0 Å². The summed E-state index contributed by atoms with van der Waals surface area (Å²) in [5, 5.41) is 9.69. The Morgan fingerprint density at radius 1 is 1.07 bits per heavy atom.